The van der Waals surface area contributed by atoms with Gasteiger partial charge in [0.1, 0.15) is 0 Å². The van der Waals surface area contributed by atoms with Gasteiger partial charge in [0.15, 0.2) is 0 Å². The molecule has 79 heavy (non-hydrogen) atoms. The Morgan fingerprint density at radius 2 is 1.30 bits per heavy atom. The molecule has 2 heterocycles. The highest BCUT2D eigenvalue weighted by Crippen LogP contribution is 2.44. The molecule has 2 aliphatic heterocycles. The molecule has 4 heteroatoms. The smallest absolute Gasteiger partial charge is 0.0491 e. The van der Waals surface area contributed by atoms with Crippen LogP contribution < -0.4 is 19.6 Å². The lowest BCUT2D eigenvalue weighted by Gasteiger charge is -2.32. The second-order valence-electron chi connectivity index (χ2n) is 20.6. The third-order valence-corrected chi connectivity index (χ3v) is 15.1. The minimum absolute atomic E-state index is 0.204. The lowest BCUT2D eigenvalue weighted by molar-refractivity contribution is 0.855. The summed E-state index contributed by atoms with van der Waals surface area (Å²) in [6, 6.07) is 60.7. The van der Waals surface area contributed by atoms with E-state index in [1.165, 1.54) is 39.3 Å². The predicted molar refractivity (Wildman–Crippen MR) is 344 cm³/mol. The molecule has 394 valence electrons. The number of hydrogen-bond donors (Lipinski definition) is 0. The molecule has 0 saturated carbocycles. The number of rotatable bonds is 16. The van der Waals surface area contributed by atoms with E-state index in [1.54, 1.807) is 0 Å². The molecule has 0 spiro atoms. The second-order valence-corrected chi connectivity index (χ2v) is 20.6. The highest BCUT2D eigenvalue weighted by molar-refractivity contribution is 5.90. The molecule has 0 aromatic heterocycles. The van der Waals surface area contributed by atoms with E-state index in [0.717, 1.165) is 114 Å². The summed E-state index contributed by atoms with van der Waals surface area (Å²) < 4.78 is 0. The van der Waals surface area contributed by atoms with E-state index in [4.69, 9.17) is 0 Å². The van der Waals surface area contributed by atoms with Crippen LogP contribution in [0.15, 0.2) is 267 Å². The monoisotopic (exact) mass is 1030 g/mol. The van der Waals surface area contributed by atoms with Gasteiger partial charge >= 0.3 is 0 Å². The van der Waals surface area contributed by atoms with Gasteiger partial charge in [-0.15, -0.1) is 0 Å². The Kier molecular flexibility index (Phi) is 17.6. The standard InChI is InChI=1S/C75H74N4/c1-6-8-10-11-17-30-60-31-25-37-68(53-60)78(70-47-49-74-72(55-70)58(4)28-16-14-23-51-76(74)64-33-18-12-19-34-64)66-43-39-61(40-44-66)62-41-45-67(46-42-62)79(69-38-26-32-63(54-69)57(3)27-15-9-7-2)71-48-50-75-73(56-71)59(5)29-22-24-52-77(75)65-35-20-13-21-36-65/h6,8-9,12-18,20-23,25-33,35-50,53-56,58H,5,7,10-11,19,24,34,51-52H2,1-4H3/b8-6-,15-9-,23-14-,28-16-,29-22-,30-17+,57-27+. The number of hydrogen-bond acceptors (Lipinski definition) is 4. The van der Waals surface area contributed by atoms with Crippen molar-refractivity contribution in [3.63, 3.8) is 0 Å². The fourth-order valence-electron chi connectivity index (χ4n) is 10.9. The van der Waals surface area contributed by atoms with Gasteiger partial charge in [-0.25, -0.2) is 0 Å². The number of unbranched alkanes of at least 4 members (excludes halogenated alkanes) is 1. The number of nitrogens with zero attached hydrogens (tertiary/aromatic N) is 4. The van der Waals surface area contributed by atoms with E-state index < -0.39 is 0 Å². The zero-order chi connectivity index (χ0) is 54.3. The summed E-state index contributed by atoms with van der Waals surface area (Å²) in [5, 5.41) is 0. The van der Waals surface area contributed by atoms with Crippen LogP contribution in [0, 0.1) is 0 Å². The molecular weight excluding hydrogens is 957 g/mol. The maximum atomic E-state index is 4.61. The molecule has 1 aliphatic carbocycles. The molecular formula is C75H74N4. The van der Waals surface area contributed by atoms with E-state index in [0.29, 0.717) is 0 Å². The number of benzene rings is 7. The maximum Gasteiger partial charge on any atom is 0.0491 e. The molecule has 0 fully saturated rings. The van der Waals surface area contributed by atoms with E-state index in [1.807, 2.05) is 0 Å². The van der Waals surface area contributed by atoms with Crippen molar-refractivity contribution in [2.45, 2.75) is 72.1 Å². The van der Waals surface area contributed by atoms with Crippen LogP contribution in [-0.2, 0) is 0 Å². The molecule has 0 bridgehead atoms. The minimum Gasteiger partial charge on any atom is -0.341 e. The Hall–Kier alpha value is -8.86. The van der Waals surface area contributed by atoms with Crippen LogP contribution in [-0.4, -0.2) is 13.1 Å². The summed E-state index contributed by atoms with van der Waals surface area (Å²) in [5.41, 5.74) is 20.8. The van der Waals surface area contributed by atoms with Gasteiger partial charge in [0.2, 0.25) is 0 Å². The van der Waals surface area contributed by atoms with Crippen LogP contribution >= 0.6 is 0 Å². The Morgan fingerprint density at radius 3 is 2.03 bits per heavy atom. The molecule has 0 radical (unpaired) electrons. The number of allylic oxidation sites excluding steroid dienone is 16. The molecule has 0 N–H and O–H groups in total. The quantitative estimate of drug-likeness (QED) is 0.0543. The van der Waals surface area contributed by atoms with Crippen LogP contribution in [0.2, 0.25) is 0 Å². The van der Waals surface area contributed by atoms with Crippen molar-refractivity contribution < 1.29 is 0 Å². The van der Waals surface area contributed by atoms with Crippen molar-refractivity contribution in [3.8, 4) is 11.1 Å². The average molecular weight is 1030 g/mol. The van der Waals surface area contributed by atoms with Gasteiger partial charge < -0.3 is 19.6 Å². The molecule has 7 aromatic rings. The largest absolute Gasteiger partial charge is 0.341 e. The SMILES string of the molecule is C=C1/C=C\CCN(c2ccccc2)c2ccc(N(c3ccc(-c4ccc(N(c5cccc(/C=C/CC/C=C\C)c5)c5ccc6c(c5)C(C)/C=C\C=C/CN6C5=CC=CCC5)cc4)cc3)c3cccc(/C(C)=C/C=C\CC)c3)cc21. The Balaban J connectivity index is 1.02. The Bertz CT molecular complexity index is 3520. The van der Waals surface area contributed by atoms with Gasteiger partial charge in [0, 0.05) is 81.5 Å². The Labute approximate surface area is 471 Å². The van der Waals surface area contributed by atoms with Crippen LogP contribution in [0.4, 0.5) is 51.2 Å². The Morgan fingerprint density at radius 1 is 0.620 bits per heavy atom. The van der Waals surface area contributed by atoms with Crippen LogP contribution in [0.3, 0.4) is 0 Å². The van der Waals surface area contributed by atoms with E-state index in [-0.39, 0.29) is 5.92 Å². The second kappa shape index (κ2) is 26.0. The van der Waals surface area contributed by atoms with Gasteiger partial charge in [-0.2, -0.15) is 0 Å². The molecule has 0 amide bonds. The van der Waals surface area contributed by atoms with Crippen molar-refractivity contribution in [2.24, 2.45) is 0 Å². The number of fused-ring (bicyclic) bond motifs is 2. The summed E-state index contributed by atoms with van der Waals surface area (Å²) in [4.78, 5) is 9.74. The fraction of sp³-hybridized carbons (Fsp3) is 0.173. The van der Waals surface area contributed by atoms with E-state index >= 15 is 0 Å². The predicted octanol–water partition coefficient (Wildman–Crippen LogP) is 21.4. The van der Waals surface area contributed by atoms with Gasteiger partial charge in [-0.05, 0) is 194 Å². The van der Waals surface area contributed by atoms with Crippen molar-refractivity contribution in [2.75, 3.05) is 32.7 Å². The van der Waals surface area contributed by atoms with E-state index in [2.05, 4.69) is 315 Å². The van der Waals surface area contributed by atoms with Crippen LogP contribution in [0.1, 0.15) is 94.4 Å². The van der Waals surface area contributed by atoms with Gasteiger partial charge in [-0.1, -0.05) is 178 Å². The summed E-state index contributed by atoms with van der Waals surface area (Å²) in [5.74, 6) is 0.204. The van der Waals surface area contributed by atoms with Gasteiger partial charge in [0.25, 0.3) is 0 Å². The highest BCUT2D eigenvalue weighted by atomic mass is 15.2. The first-order valence-electron chi connectivity index (χ1n) is 28.4. The third kappa shape index (κ3) is 12.8. The lowest BCUT2D eigenvalue weighted by atomic mass is 9.95. The van der Waals surface area contributed by atoms with Crippen LogP contribution in [0.5, 0.6) is 0 Å². The first-order chi connectivity index (χ1) is 38.9. The van der Waals surface area contributed by atoms with E-state index in [9.17, 15) is 0 Å². The topological polar surface area (TPSA) is 13.0 Å². The third-order valence-electron chi connectivity index (χ3n) is 15.1. The summed E-state index contributed by atoms with van der Waals surface area (Å²) in [6.07, 6.45) is 41.7. The number of para-hydroxylation sites is 1. The zero-order valence-corrected chi connectivity index (χ0v) is 46.6. The summed E-state index contributed by atoms with van der Waals surface area (Å²) in [7, 11) is 0. The normalized spacial score (nSPS) is 16.9. The molecule has 10 rings (SSSR count). The van der Waals surface area contributed by atoms with Crippen molar-refractivity contribution in [1.82, 2.24) is 0 Å². The zero-order valence-electron chi connectivity index (χ0n) is 46.6. The van der Waals surface area contributed by atoms with Crippen molar-refractivity contribution in [1.29, 1.82) is 0 Å². The fourth-order valence-corrected chi connectivity index (χ4v) is 10.9. The van der Waals surface area contributed by atoms with Gasteiger partial charge in [0.05, 0.1) is 0 Å². The summed E-state index contributed by atoms with van der Waals surface area (Å²) in [6.45, 7) is 15.1. The molecule has 3 aliphatic rings. The average Bonchev–Trinajstić information content (AvgIpc) is 3.67. The first-order valence-corrected chi connectivity index (χ1v) is 28.4. The molecule has 4 nitrogen and oxygen atoms in total. The lowest BCUT2D eigenvalue weighted by Crippen LogP contribution is -2.25. The van der Waals surface area contributed by atoms with Gasteiger partial charge in [-0.3, -0.25) is 0 Å². The van der Waals surface area contributed by atoms with Crippen molar-refractivity contribution in [3.05, 3.63) is 289 Å². The molecule has 1 atom stereocenters. The minimum atomic E-state index is 0.204. The molecule has 7 aromatic carbocycles. The summed E-state index contributed by atoms with van der Waals surface area (Å²) >= 11 is 0. The molecule has 1 unspecified atom stereocenters. The molecule has 0 saturated heterocycles. The first kappa shape index (κ1) is 53.5. The van der Waals surface area contributed by atoms with Crippen LogP contribution in [0.25, 0.3) is 28.3 Å². The number of anilines is 9. The van der Waals surface area contributed by atoms with Crippen molar-refractivity contribution >= 4 is 68.4 Å². The highest BCUT2D eigenvalue weighted by Gasteiger charge is 2.24. The maximum absolute atomic E-state index is 4.61.